The SMILES string of the molecule is O=C(C1CC1)N1C(C2CC2)CNC(C2CC2)C1c1cccc2nc(Cl)ccc12. The molecule has 3 aliphatic carbocycles. The summed E-state index contributed by atoms with van der Waals surface area (Å²) in [5.41, 5.74) is 2.16. The summed E-state index contributed by atoms with van der Waals surface area (Å²) in [6.07, 6.45) is 7.18. The van der Waals surface area contributed by atoms with E-state index in [2.05, 4.69) is 33.4 Å². The van der Waals surface area contributed by atoms with Crippen LogP contribution in [0.5, 0.6) is 0 Å². The van der Waals surface area contributed by atoms with E-state index in [0.29, 0.717) is 35.0 Å². The Balaban J connectivity index is 1.50. The molecule has 1 amide bonds. The highest BCUT2D eigenvalue weighted by atomic mass is 35.5. The van der Waals surface area contributed by atoms with Crippen LogP contribution in [0.4, 0.5) is 0 Å². The van der Waals surface area contributed by atoms with Gasteiger partial charge >= 0.3 is 0 Å². The molecule has 3 saturated carbocycles. The van der Waals surface area contributed by atoms with Gasteiger partial charge in [-0.3, -0.25) is 4.79 Å². The van der Waals surface area contributed by atoms with Gasteiger partial charge in [-0.2, -0.15) is 0 Å². The predicted molar refractivity (Wildman–Crippen MR) is 110 cm³/mol. The second-order valence-corrected chi connectivity index (χ2v) is 9.58. The molecule has 3 unspecified atom stereocenters. The number of fused-ring (bicyclic) bond motifs is 1. The third-order valence-corrected chi connectivity index (χ3v) is 7.30. The number of carbonyl (C=O) groups excluding carboxylic acids is 1. The first kappa shape index (κ1) is 17.2. The molecule has 1 N–H and O–H groups in total. The number of halogens is 1. The van der Waals surface area contributed by atoms with Crippen molar-refractivity contribution in [2.24, 2.45) is 17.8 Å². The molecule has 28 heavy (non-hydrogen) atoms. The number of amides is 1. The highest BCUT2D eigenvalue weighted by Crippen LogP contribution is 2.49. The number of nitrogens with one attached hydrogen (secondary N) is 1. The first-order valence-electron chi connectivity index (χ1n) is 10.8. The van der Waals surface area contributed by atoms with Gasteiger partial charge in [0.05, 0.1) is 11.6 Å². The van der Waals surface area contributed by atoms with Crippen molar-refractivity contribution in [1.29, 1.82) is 0 Å². The van der Waals surface area contributed by atoms with Crippen LogP contribution in [0.25, 0.3) is 10.9 Å². The molecule has 1 aliphatic heterocycles. The van der Waals surface area contributed by atoms with E-state index in [1.807, 2.05) is 12.1 Å². The van der Waals surface area contributed by atoms with Gasteiger partial charge in [-0.1, -0.05) is 23.7 Å². The summed E-state index contributed by atoms with van der Waals surface area (Å²) in [6, 6.07) is 11.1. The fraction of sp³-hybridized carbons (Fsp3) is 0.565. The predicted octanol–water partition coefficient (Wildman–Crippen LogP) is 4.33. The average molecular weight is 396 g/mol. The quantitative estimate of drug-likeness (QED) is 0.784. The van der Waals surface area contributed by atoms with Crippen LogP contribution in [-0.2, 0) is 4.79 Å². The zero-order valence-corrected chi connectivity index (χ0v) is 16.7. The second kappa shape index (κ2) is 6.43. The van der Waals surface area contributed by atoms with Crippen LogP contribution in [0.1, 0.15) is 50.1 Å². The third-order valence-electron chi connectivity index (χ3n) is 7.09. The molecule has 146 valence electrons. The van der Waals surface area contributed by atoms with E-state index in [9.17, 15) is 4.79 Å². The minimum Gasteiger partial charge on any atom is -0.329 e. The Hall–Kier alpha value is -1.65. The highest BCUT2D eigenvalue weighted by molar-refractivity contribution is 6.29. The van der Waals surface area contributed by atoms with Gasteiger partial charge in [0.2, 0.25) is 5.91 Å². The van der Waals surface area contributed by atoms with E-state index in [-0.39, 0.29) is 12.0 Å². The molecule has 5 heteroatoms. The molecule has 0 spiro atoms. The first-order valence-corrected chi connectivity index (χ1v) is 11.2. The Morgan fingerprint density at radius 3 is 2.54 bits per heavy atom. The van der Waals surface area contributed by atoms with Crippen LogP contribution in [0, 0.1) is 17.8 Å². The van der Waals surface area contributed by atoms with E-state index in [1.54, 1.807) is 0 Å². The molecule has 1 aromatic carbocycles. The normalized spacial score (nSPS) is 30.6. The summed E-state index contributed by atoms with van der Waals surface area (Å²) in [7, 11) is 0. The van der Waals surface area contributed by atoms with Crippen LogP contribution in [-0.4, -0.2) is 34.4 Å². The van der Waals surface area contributed by atoms with Gasteiger partial charge in [0.1, 0.15) is 5.15 Å². The van der Waals surface area contributed by atoms with Gasteiger partial charge in [0.25, 0.3) is 0 Å². The number of nitrogens with zero attached hydrogens (tertiary/aromatic N) is 2. The summed E-state index contributed by atoms with van der Waals surface area (Å²) in [5.74, 6) is 1.99. The van der Waals surface area contributed by atoms with Gasteiger partial charge in [-0.05, 0) is 74.1 Å². The van der Waals surface area contributed by atoms with Gasteiger partial charge in [-0.25, -0.2) is 4.98 Å². The van der Waals surface area contributed by atoms with Crippen molar-refractivity contribution in [2.45, 2.75) is 56.7 Å². The molecular formula is C23H26ClN3O. The Kier molecular flexibility index (Phi) is 3.96. The lowest BCUT2D eigenvalue weighted by Crippen LogP contribution is -2.61. The summed E-state index contributed by atoms with van der Waals surface area (Å²) >= 11 is 6.16. The molecule has 6 rings (SSSR count). The van der Waals surface area contributed by atoms with Gasteiger partial charge in [0, 0.05) is 29.9 Å². The van der Waals surface area contributed by atoms with E-state index in [1.165, 1.54) is 31.2 Å². The Morgan fingerprint density at radius 1 is 1.04 bits per heavy atom. The number of piperazine rings is 1. The highest BCUT2D eigenvalue weighted by Gasteiger charge is 2.52. The van der Waals surface area contributed by atoms with Crippen LogP contribution in [0.3, 0.4) is 0 Å². The lowest BCUT2D eigenvalue weighted by atomic mass is 9.86. The summed E-state index contributed by atoms with van der Waals surface area (Å²) in [4.78, 5) is 20.4. The molecule has 2 heterocycles. The average Bonchev–Trinajstić information content (AvgIpc) is 3.58. The number of hydrogen-bond donors (Lipinski definition) is 1. The summed E-state index contributed by atoms with van der Waals surface area (Å²) in [6.45, 7) is 0.954. The van der Waals surface area contributed by atoms with Crippen LogP contribution < -0.4 is 5.32 Å². The van der Waals surface area contributed by atoms with Crippen molar-refractivity contribution >= 4 is 28.4 Å². The molecule has 0 radical (unpaired) electrons. The summed E-state index contributed by atoms with van der Waals surface area (Å²) < 4.78 is 0. The molecule has 0 bridgehead atoms. The van der Waals surface area contributed by atoms with E-state index >= 15 is 0 Å². The largest absolute Gasteiger partial charge is 0.329 e. The monoisotopic (exact) mass is 395 g/mol. The molecule has 4 fully saturated rings. The third kappa shape index (κ3) is 2.93. The number of hydrogen-bond acceptors (Lipinski definition) is 3. The molecule has 3 atom stereocenters. The van der Waals surface area contributed by atoms with E-state index in [0.717, 1.165) is 30.3 Å². The Bertz CT molecular complexity index is 935. The van der Waals surface area contributed by atoms with Crippen LogP contribution in [0.15, 0.2) is 30.3 Å². The first-order chi connectivity index (χ1) is 13.7. The Morgan fingerprint density at radius 2 is 1.82 bits per heavy atom. The van der Waals surface area contributed by atoms with Crippen LogP contribution in [0.2, 0.25) is 5.15 Å². The van der Waals surface area contributed by atoms with Crippen molar-refractivity contribution in [3.05, 3.63) is 41.0 Å². The minimum absolute atomic E-state index is 0.103. The molecule has 2 aromatic rings. The van der Waals surface area contributed by atoms with Crippen molar-refractivity contribution in [3.8, 4) is 0 Å². The summed E-state index contributed by atoms with van der Waals surface area (Å²) in [5, 5.41) is 5.53. The van der Waals surface area contributed by atoms with Crippen molar-refractivity contribution < 1.29 is 4.79 Å². The number of rotatable bonds is 4. The van der Waals surface area contributed by atoms with Gasteiger partial charge in [0.15, 0.2) is 0 Å². The van der Waals surface area contributed by atoms with E-state index < -0.39 is 0 Å². The molecule has 4 nitrogen and oxygen atoms in total. The number of carbonyl (C=O) groups is 1. The minimum atomic E-state index is 0.103. The maximum Gasteiger partial charge on any atom is 0.226 e. The zero-order chi connectivity index (χ0) is 18.8. The van der Waals surface area contributed by atoms with Crippen LogP contribution >= 0.6 is 11.6 Å². The fourth-order valence-electron chi connectivity index (χ4n) is 5.20. The standard InChI is InChI=1S/C23H26ClN3O/c24-20-11-10-16-17(2-1-3-18(16)26-20)22-21(14-6-7-14)25-12-19(13-4-5-13)27(22)23(28)15-8-9-15/h1-3,10-11,13-15,19,21-22,25H,4-9,12H2. The lowest BCUT2D eigenvalue weighted by molar-refractivity contribution is -0.141. The van der Waals surface area contributed by atoms with Crippen molar-refractivity contribution in [2.75, 3.05) is 6.54 Å². The topological polar surface area (TPSA) is 45.2 Å². The molecule has 1 aromatic heterocycles. The maximum atomic E-state index is 13.5. The number of aromatic nitrogens is 1. The van der Waals surface area contributed by atoms with Crippen molar-refractivity contribution in [1.82, 2.24) is 15.2 Å². The molecule has 4 aliphatic rings. The zero-order valence-electron chi connectivity index (χ0n) is 16.0. The maximum absolute atomic E-state index is 13.5. The van der Waals surface area contributed by atoms with Crippen molar-refractivity contribution in [3.63, 3.8) is 0 Å². The molecule has 1 saturated heterocycles. The second-order valence-electron chi connectivity index (χ2n) is 9.19. The van der Waals surface area contributed by atoms with Gasteiger partial charge in [-0.15, -0.1) is 0 Å². The van der Waals surface area contributed by atoms with Gasteiger partial charge < -0.3 is 10.2 Å². The lowest BCUT2D eigenvalue weighted by Gasteiger charge is -2.48. The smallest absolute Gasteiger partial charge is 0.226 e. The number of benzene rings is 1. The van der Waals surface area contributed by atoms with E-state index in [4.69, 9.17) is 11.6 Å². The molecular weight excluding hydrogens is 370 g/mol. The number of pyridine rings is 1. The fourth-order valence-corrected chi connectivity index (χ4v) is 5.35. The Labute approximate surface area is 170 Å².